The largest absolute Gasteiger partial charge is 0.493 e. The summed E-state index contributed by atoms with van der Waals surface area (Å²) in [5.41, 5.74) is 2.90. The van der Waals surface area contributed by atoms with Gasteiger partial charge in [0.2, 0.25) is 0 Å². The van der Waals surface area contributed by atoms with Crippen LogP contribution >= 0.6 is 27.3 Å². The van der Waals surface area contributed by atoms with Crippen molar-refractivity contribution >= 4 is 44.4 Å². The van der Waals surface area contributed by atoms with Gasteiger partial charge in [0.1, 0.15) is 5.00 Å². The summed E-state index contributed by atoms with van der Waals surface area (Å²) in [6, 6.07) is 4.17. The van der Waals surface area contributed by atoms with Crippen molar-refractivity contribution in [2.24, 2.45) is 4.99 Å². The zero-order valence-electron chi connectivity index (χ0n) is 18.8. The van der Waals surface area contributed by atoms with Gasteiger partial charge in [-0.25, -0.2) is 4.99 Å². The Hall–Kier alpha value is -1.86. The zero-order valence-corrected chi connectivity index (χ0v) is 21.2. The Balaban J connectivity index is 1.63. The number of ether oxygens (including phenoxy) is 2. The third-order valence-corrected chi connectivity index (χ3v) is 7.98. The van der Waals surface area contributed by atoms with Gasteiger partial charge in [0.05, 0.1) is 23.8 Å². The van der Waals surface area contributed by atoms with Crippen LogP contribution in [0.4, 0.5) is 5.00 Å². The third-order valence-electron chi connectivity index (χ3n) is 6.19. The van der Waals surface area contributed by atoms with E-state index in [0.717, 1.165) is 52.7 Å². The molecule has 1 heterocycles. The van der Waals surface area contributed by atoms with Gasteiger partial charge >= 0.3 is 0 Å². The predicted molar refractivity (Wildman–Crippen MR) is 134 cm³/mol. The first-order valence-corrected chi connectivity index (χ1v) is 13.2. The summed E-state index contributed by atoms with van der Waals surface area (Å²) < 4.78 is 12.0. The Labute approximate surface area is 202 Å². The number of rotatable bonds is 7. The van der Waals surface area contributed by atoms with E-state index in [1.807, 2.05) is 25.3 Å². The van der Waals surface area contributed by atoms with E-state index >= 15 is 0 Å². The number of halogens is 1. The number of carbonyl (C=O) groups excluding carboxylic acids is 1. The van der Waals surface area contributed by atoms with E-state index in [-0.39, 0.29) is 5.91 Å². The van der Waals surface area contributed by atoms with Gasteiger partial charge in [0.15, 0.2) is 11.5 Å². The minimum absolute atomic E-state index is 0.0499. The van der Waals surface area contributed by atoms with Crippen molar-refractivity contribution in [3.05, 3.63) is 38.2 Å². The molecule has 4 rings (SSSR count). The van der Waals surface area contributed by atoms with Gasteiger partial charge in [-0.05, 0) is 84.6 Å². The predicted octanol–water partition coefficient (Wildman–Crippen LogP) is 6.61. The Kier molecular flexibility index (Phi) is 7.89. The van der Waals surface area contributed by atoms with Crippen molar-refractivity contribution in [2.75, 3.05) is 13.7 Å². The number of methoxy groups -OCH3 is 1. The van der Waals surface area contributed by atoms with Gasteiger partial charge in [-0.2, -0.15) is 0 Å². The highest BCUT2D eigenvalue weighted by Gasteiger charge is 2.27. The summed E-state index contributed by atoms with van der Waals surface area (Å²) >= 11 is 5.25. The highest BCUT2D eigenvalue weighted by atomic mass is 79.9. The monoisotopic (exact) mass is 518 g/mol. The Morgan fingerprint density at radius 1 is 1.22 bits per heavy atom. The summed E-state index contributed by atoms with van der Waals surface area (Å²) in [6.45, 7) is 2.50. The van der Waals surface area contributed by atoms with Crippen LogP contribution in [0.25, 0.3) is 0 Å². The number of aliphatic imine (C=N–C) groups is 1. The lowest BCUT2D eigenvalue weighted by atomic mass is 9.93. The number of hydrogen-bond acceptors (Lipinski definition) is 5. The lowest BCUT2D eigenvalue weighted by molar-refractivity contribution is 0.0927. The number of fused-ring (bicyclic) bond motifs is 1. The van der Waals surface area contributed by atoms with Crippen molar-refractivity contribution in [1.82, 2.24) is 5.32 Å². The number of hydrogen-bond donors (Lipinski definition) is 1. The lowest BCUT2D eigenvalue weighted by Crippen LogP contribution is -2.36. The molecule has 0 unspecified atom stereocenters. The summed E-state index contributed by atoms with van der Waals surface area (Å²) in [5, 5.41) is 4.12. The molecule has 0 spiro atoms. The van der Waals surface area contributed by atoms with Gasteiger partial charge in [0.25, 0.3) is 5.91 Å². The van der Waals surface area contributed by atoms with Crippen molar-refractivity contribution < 1.29 is 14.3 Å². The molecule has 1 aromatic heterocycles. The second-order valence-corrected chi connectivity index (χ2v) is 10.4. The number of thiophene rings is 1. The van der Waals surface area contributed by atoms with Crippen LogP contribution in [0.5, 0.6) is 11.5 Å². The van der Waals surface area contributed by atoms with Gasteiger partial charge in [-0.15, -0.1) is 11.3 Å². The van der Waals surface area contributed by atoms with Crippen LogP contribution < -0.4 is 14.8 Å². The fourth-order valence-corrected chi connectivity index (χ4v) is 6.42. The summed E-state index contributed by atoms with van der Waals surface area (Å²) in [4.78, 5) is 19.5. The number of nitrogens with zero attached hydrogens (tertiary/aromatic N) is 1. The number of amides is 1. The molecule has 7 heteroatoms. The highest BCUT2D eigenvalue weighted by molar-refractivity contribution is 9.10. The average molecular weight is 520 g/mol. The van der Waals surface area contributed by atoms with E-state index in [4.69, 9.17) is 14.5 Å². The van der Waals surface area contributed by atoms with E-state index in [1.54, 1.807) is 18.4 Å². The number of benzene rings is 1. The summed E-state index contributed by atoms with van der Waals surface area (Å²) in [6.07, 6.45) is 12.0. The molecule has 5 nitrogen and oxygen atoms in total. The molecular weight excluding hydrogens is 488 g/mol. The Bertz CT molecular complexity index is 996. The van der Waals surface area contributed by atoms with E-state index in [9.17, 15) is 4.79 Å². The Morgan fingerprint density at radius 3 is 2.75 bits per heavy atom. The number of nitrogens with one attached hydrogen (secondary N) is 1. The number of carbonyl (C=O) groups is 1. The second kappa shape index (κ2) is 10.8. The SMILES string of the molecule is CCOc1c(Br)cc(C=Nc2sc3c(c2C(=O)NC2CCCCC2)CCCC3)cc1OC. The van der Waals surface area contributed by atoms with Gasteiger partial charge < -0.3 is 14.8 Å². The molecule has 1 saturated carbocycles. The van der Waals surface area contributed by atoms with Crippen LogP contribution in [0.1, 0.15) is 78.2 Å². The smallest absolute Gasteiger partial charge is 0.254 e. The summed E-state index contributed by atoms with van der Waals surface area (Å²) in [5.74, 6) is 1.39. The second-order valence-electron chi connectivity index (χ2n) is 8.42. The normalized spacial score (nSPS) is 16.7. The number of aryl methyl sites for hydroxylation is 1. The maximum absolute atomic E-state index is 13.3. The van der Waals surface area contributed by atoms with E-state index in [2.05, 4.69) is 21.2 Å². The minimum atomic E-state index is 0.0499. The summed E-state index contributed by atoms with van der Waals surface area (Å²) in [7, 11) is 1.63. The zero-order chi connectivity index (χ0) is 22.5. The lowest BCUT2D eigenvalue weighted by Gasteiger charge is -2.23. The average Bonchev–Trinajstić information content (AvgIpc) is 3.18. The fourth-order valence-electron chi connectivity index (χ4n) is 4.61. The molecular formula is C25H31BrN2O3S. The van der Waals surface area contributed by atoms with E-state index < -0.39 is 0 Å². The first kappa shape index (κ1) is 23.3. The molecule has 1 amide bonds. The van der Waals surface area contributed by atoms with Crippen LogP contribution in [0.15, 0.2) is 21.6 Å². The third kappa shape index (κ3) is 5.20. The molecule has 0 saturated heterocycles. The maximum atomic E-state index is 13.3. The highest BCUT2D eigenvalue weighted by Crippen LogP contribution is 2.41. The molecule has 0 bridgehead atoms. The van der Waals surface area contributed by atoms with Crippen LogP contribution in [0.2, 0.25) is 0 Å². The molecule has 0 aliphatic heterocycles. The van der Waals surface area contributed by atoms with Crippen molar-refractivity contribution in [3.63, 3.8) is 0 Å². The van der Waals surface area contributed by atoms with Crippen molar-refractivity contribution in [3.8, 4) is 11.5 Å². The molecule has 1 aromatic carbocycles. The van der Waals surface area contributed by atoms with E-state index in [1.165, 1.54) is 36.1 Å². The molecule has 2 aliphatic rings. The molecule has 0 radical (unpaired) electrons. The molecule has 1 N–H and O–H groups in total. The van der Waals surface area contributed by atoms with E-state index in [0.29, 0.717) is 24.1 Å². The van der Waals surface area contributed by atoms with Gasteiger partial charge in [-0.1, -0.05) is 19.3 Å². The topological polar surface area (TPSA) is 59.9 Å². The van der Waals surface area contributed by atoms with Crippen molar-refractivity contribution in [2.45, 2.75) is 70.8 Å². The van der Waals surface area contributed by atoms with Gasteiger partial charge in [-0.3, -0.25) is 4.79 Å². The first-order valence-electron chi connectivity index (χ1n) is 11.6. The molecule has 172 valence electrons. The van der Waals surface area contributed by atoms with Crippen LogP contribution in [0.3, 0.4) is 0 Å². The quantitative estimate of drug-likeness (QED) is 0.419. The van der Waals surface area contributed by atoms with Gasteiger partial charge in [0, 0.05) is 17.1 Å². The van der Waals surface area contributed by atoms with Crippen molar-refractivity contribution in [1.29, 1.82) is 0 Å². The maximum Gasteiger partial charge on any atom is 0.254 e. The Morgan fingerprint density at radius 2 is 2.00 bits per heavy atom. The standard InChI is InChI=1S/C25H31BrN2O3S/c1-3-31-23-19(26)13-16(14-20(23)30-2)15-27-25-22(18-11-7-8-12-21(18)32-25)24(29)28-17-9-5-4-6-10-17/h13-15,17H,3-12H2,1-2H3,(H,28,29). The fraction of sp³-hybridized carbons (Fsp3) is 0.520. The van der Waals surface area contributed by atoms with Crippen LogP contribution in [-0.4, -0.2) is 31.9 Å². The molecule has 1 fully saturated rings. The molecule has 2 aromatic rings. The minimum Gasteiger partial charge on any atom is -0.493 e. The molecule has 2 aliphatic carbocycles. The molecule has 32 heavy (non-hydrogen) atoms. The van der Waals surface area contributed by atoms with Crippen LogP contribution in [-0.2, 0) is 12.8 Å². The van der Waals surface area contributed by atoms with Crippen LogP contribution in [0, 0.1) is 0 Å². The first-order chi connectivity index (χ1) is 15.6. The molecule has 0 atom stereocenters.